The number of carboxylic acid groups (broad SMARTS) is 1. The van der Waals surface area contributed by atoms with Crippen LogP contribution in [0.4, 0.5) is 0 Å². The number of carboxylic acids is 1. The second kappa shape index (κ2) is 25.0. The maximum absolute atomic E-state index is 13.3. The lowest BCUT2D eigenvalue weighted by Crippen LogP contribution is -2.61. The van der Waals surface area contributed by atoms with Gasteiger partial charge in [-0.05, 0) is 64.0 Å². The number of nitrogens with two attached hydrogens (primary N) is 3. The standard InChI is InChI=1S/C31H57N9O11S/c1-15(2)12-20(27(46)36-19(31(50)51)9-11-52-5)38-28(47)21(13-23(34)43)37-25(44)16(3)35-30(49)24(17(4)42)40-29(48)22(14-41)39-26(45)18(33)8-6-7-10-32/h15-22,24,41-42H,6-14,32-33H2,1-5H3,(H2,34,43)(H,35,49)(H,36,46)(H,37,44)(H,38,47)(H,39,45)(H,40,48)(H,50,51)/t16-,17+,18-,19-,20-,21-,22-,24-/m0/s1. The molecule has 21 heteroatoms. The maximum atomic E-state index is 13.3. The van der Waals surface area contributed by atoms with Crippen LogP contribution < -0.4 is 49.1 Å². The summed E-state index contributed by atoms with van der Waals surface area (Å²) in [5.41, 5.74) is 16.6. The zero-order chi connectivity index (χ0) is 40.1. The SMILES string of the molecule is CSCC[C@H](NC(=O)[C@H](CC(C)C)NC(=O)[C@H](CC(N)=O)NC(=O)[C@H](C)NC(=O)[C@@H](NC(=O)[C@H](CO)NC(=O)[C@@H](N)CCCCN)[C@@H](C)O)C(=O)O. The van der Waals surface area contributed by atoms with Crippen molar-refractivity contribution < 1.29 is 53.7 Å². The van der Waals surface area contributed by atoms with E-state index in [1.54, 1.807) is 20.1 Å². The minimum Gasteiger partial charge on any atom is -0.480 e. The average molecular weight is 764 g/mol. The first-order valence-electron chi connectivity index (χ1n) is 16.9. The number of hydrogen-bond donors (Lipinski definition) is 12. The van der Waals surface area contributed by atoms with Crippen LogP contribution in [-0.4, -0.2) is 136 Å². The van der Waals surface area contributed by atoms with E-state index in [-0.39, 0.29) is 25.2 Å². The molecule has 0 unspecified atom stereocenters. The topological polar surface area (TPSA) is 347 Å². The quantitative estimate of drug-likeness (QED) is 0.0370. The Morgan fingerprint density at radius 1 is 0.692 bits per heavy atom. The zero-order valence-corrected chi connectivity index (χ0v) is 31.1. The van der Waals surface area contributed by atoms with Crippen molar-refractivity contribution in [1.82, 2.24) is 31.9 Å². The molecular weight excluding hydrogens is 706 g/mol. The van der Waals surface area contributed by atoms with Gasteiger partial charge in [0, 0.05) is 0 Å². The Bertz CT molecular complexity index is 1220. The van der Waals surface area contributed by atoms with E-state index >= 15 is 0 Å². The molecule has 0 aromatic carbocycles. The molecule has 0 saturated heterocycles. The molecule has 0 aromatic rings. The number of rotatable bonds is 26. The maximum Gasteiger partial charge on any atom is 0.326 e. The van der Waals surface area contributed by atoms with Gasteiger partial charge in [0.2, 0.25) is 41.4 Å². The van der Waals surface area contributed by atoms with E-state index in [0.29, 0.717) is 25.1 Å². The molecule has 15 N–H and O–H groups in total. The van der Waals surface area contributed by atoms with E-state index in [4.69, 9.17) is 17.2 Å². The van der Waals surface area contributed by atoms with Gasteiger partial charge in [-0.3, -0.25) is 33.6 Å². The van der Waals surface area contributed by atoms with Crippen LogP contribution >= 0.6 is 11.8 Å². The van der Waals surface area contributed by atoms with Gasteiger partial charge in [-0.1, -0.05) is 20.3 Å². The third-order valence-corrected chi connectivity index (χ3v) is 8.18. The zero-order valence-electron chi connectivity index (χ0n) is 30.3. The Balaban J connectivity index is 5.72. The molecule has 0 aliphatic carbocycles. The van der Waals surface area contributed by atoms with Crippen molar-refractivity contribution in [3.8, 4) is 0 Å². The Morgan fingerprint density at radius 2 is 1.23 bits per heavy atom. The monoisotopic (exact) mass is 763 g/mol. The summed E-state index contributed by atoms with van der Waals surface area (Å²) in [5.74, 6) is -7.60. The van der Waals surface area contributed by atoms with Crippen molar-refractivity contribution >= 4 is 59.1 Å². The van der Waals surface area contributed by atoms with Gasteiger partial charge in [-0.2, -0.15) is 11.8 Å². The van der Waals surface area contributed by atoms with Gasteiger partial charge < -0.3 is 64.4 Å². The largest absolute Gasteiger partial charge is 0.480 e. The summed E-state index contributed by atoms with van der Waals surface area (Å²) in [5, 5.41) is 43.3. The van der Waals surface area contributed by atoms with Crippen LogP contribution in [0.2, 0.25) is 0 Å². The molecule has 8 atom stereocenters. The summed E-state index contributed by atoms with van der Waals surface area (Å²) in [4.78, 5) is 101. The smallest absolute Gasteiger partial charge is 0.326 e. The molecule has 0 aliphatic heterocycles. The van der Waals surface area contributed by atoms with E-state index in [0.717, 1.165) is 6.92 Å². The number of aliphatic carboxylic acids is 1. The van der Waals surface area contributed by atoms with Crippen molar-refractivity contribution in [2.75, 3.05) is 25.2 Å². The van der Waals surface area contributed by atoms with Crippen LogP contribution in [0.1, 0.15) is 66.2 Å². The Morgan fingerprint density at radius 3 is 1.73 bits per heavy atom. The van der Waals surface area contributed by atoms with Crippen LogP contribution in [0.15, 0.2) is 0 Å². The van der Waals surface area contributed by atoms with Crippen LogP contribution in [0.3, 0.4) is 0 Å². The molecule has 52 heavy (non-hydrogen) atoms. The average Bonchev–Trinajstić information content (AvgIpc) is 3.05. The molecule has 0 rings (SSSR count). The third kappa shape index (κ3) is 18.4. The number of aliphatic hydroxyl groups is 2. The minimum atomic E-state index is -1.68. The van der Waals surface area contributed by atoms with E-state index in [1.165, 1.54) is 18.7 Å². The number of nitrogens with one attached hydrogen (secondary N) is 6. The van der Waals surface area contributed by atoms with Crippen LogP contribution in [0.25, 0.3) is 0 Å². The Hall–Kier alpha value is -4.05. The third-order valence-electron chi connectivity index (χ3n) is 7.54. The van der Waals surface area contributed by atoms with Crippen molar-refractivity contribution in [3.63, 3.8) is 0 Å². The van der Waals surface area contributed by atoms with Gasteiger partial charge in [-0.25, -0.2) is 4.79 Å². The van der Waals surface area contributed by atoms with E-state index < -0.39 is 109 Å². The predicted molar refractivity (Wildman–Crippen MR) is 191 cm³/mol. The number of aliphatic hydroxyl groups excluding tert-OH is 2. The summed E-state index contributed by atoms with van der Waals surface area (Å²) < 4.78 is 0. The van der Waals surface area contributed by atoms with E-state index in [2.05, 4.69) is 31.9 Å². The second-order valence-electron chi connectivity index (χ2n) is 12.7. The first kappa shape index (κ1) is 48.0. The molecule has 298 valence electrons. The first-order valence-corrected chi connectivity index (χ1v) is 18.3. The summed E-state index contributed by atoms with van der Waals surface area (Å²) >= 11 is 1.38. The van der Waals surface area contributed by atoms with Gasteiger partial charge in [0.25, 0.3) is 0 Å². The molecule has 0 saturated carbocycles. The molecule has 0 aromatic heterocycles. The number of carbonyl (C=O) groups is 8. The molecule has 0 bridgehead atoms. The van der Waals surface area contributed by atoms with Crippen molar-refractivity contribution in [2.24, 2.45) is 23.1 Å². The van der Waals surface area contributed by atoms with Crippen LogP contribution in [-0.2, 0) is 38.4 Å². The van der Waals surface area contributed by atoms with Crippen molar-refractivity contribution in [3.05, 3.63) is 0 Å². The lowest BCUT2D eigenvalue weighted by molar-refractivity contribution is -0.142. The Kier molecular flexibility index (Phi) is 23.1. The predicted octanol–water partition coefficient (Wildman–Crippen LogP) is -4.50. The number of amides is 7. The fraction of sp³-hybridized carbons (Fsp3) is 0.742. The molecule has 0 fully saturated rings. The van der Waals surface area contributed by atoms with Gasteiger partial charge in [0.05, 0.1) is 25.2 Å². The number of hydrogen-bond acceptors (Lipinski definition) is 13. The number of carbonyl (C=O) groups excluding carboxylic acids is 7. The molecule has 0 heterocycles. The van der Waals surface area contributed by atoms with E-state index in [1.807, 2.05) is 0 Å². The van der Waals surface area contributed by atoms with Crippen molar-refractivity contribution in [2.45, 2.75) is 115 Å². The van der Waals surface area contributed by atoms with E-state index in [9.17, 15) is 53.7 Å². The molecule has 20 nitrogen and oxygen atoms in total. The lowest BCUT2D eigenvalue weighted by atomic mass is 10.0. The van der Waals surface area contributed by atoms with Crippen LogP contribution in [0.5, 0.6) is 0 Å². The first-order chi connectivity index (χ1) is 24.3. The number of primary amides is 1. The van der Waals surface area contributed by atoms with Gasteiger partial charge in [0.15, 0.2) is 0 Å². The fourth-order valence-corrected chi connectivity index (χ4v) is 5.06. The minimum absolute atomic E-state index is 0.0744. The fourth-order valence-electron chi connectivity index (χ4n) is 4.59. The second-order valence-corrected chi connectivity index (χ2v) is 13.7. The highest BCUT2D eigenvalue weighted by Crippen LogP contribution is 2.09. The highest BCUT2D eigenvalue weighted by atomic mass is 32.2. The molecule has 0 aliphatic rings. The summed E-state index contributed by atoms with van der Waals surface area (Å²) in [6, 6.07) is -9.75. The lowest BCUT2D eigenvalue weighted by Gasteiger charge is -2.27. The highest BCUT2D eigenvalue weighted by Gasteiger charge is 2.34. The molecule has 7 amide bonds. The van der Waals surface area contributed by atoms with Gasteiger partial charge >= 0.3 is 5.97 Å². The molecular formula is C31H57N9O11S. The summed E-state index contributed by atoms with van der Waals surface area (Å²) in [7, 11) is 0. The Labute approximate surface area is 307 Å². The van der Waals surface area contributed by atoms with Crippen LogP contribution in [0, 0.1) is 5.92 Å². The molecule has 0 spiro atoms. The van der Waals surface area contributed by atoms with Crippen molar-refractivity contribution in [1.29, 1.82) is 0 Å². The molecule has 0 radical (unpaired) electrons. The number of unbranched alkanes of at least 4 members (excludes halogenated alkanes) is 1. The highest BCUT2D eigenvalue weighted by molar-refractivity contribution is 7.98. The number of thioether (sulfide) groups is 1. The van der Waals surface area contributed by atoms with Gasteiger partial charge in [-0.15, -0.1) is 0 Å². The van der Waals surface area contributed by atoms with Gasteiger partial charge in [0.1, 0.15) is 36.3 Å². The summed E-state index contributed by atoms with van der Waals surface area (Å²) in [6.07, 6.45) is 1.16. The normalized spacial score (nSPS) is 15.7. The summed E-state index contributed by atoms with van der Waals surface area (Å²) in [6.45, 7) is 5.40.